The highest BCUT2D eigenvalue weighted by atomic mass is 16.1. The Bertz CT molecular complexity index is 541. The van der Waals surface area contributed by atoms with Gasteiger partial charge in [-0.05, 0) is 19.3 Å². The zero-order valence-electron chi connectivity index (χ0n) is 11.3. The fourth-order valence-corrected chi connectivity index (χ4v) is 3.27. The zero-order valence-corrected chi connectivity index (χ0v) is 11.3. The van der Waals surface area contributed by atoms with E-state index in [1.165, 1.54) is 0 Å². The van der Waals surface area contributed by atoms with E-state index in [0.29, 0.717) is 17.6 Å². The Kier molecular flexibility index (Phi) is 3.61. The SMILES string of the molecule is N#Cc1nccnc1N1CCN2C(C=O)CCCC2C1. The monoisotopic (exact) mass is 271 g/mol. The van der Waals surface area contributed by atoms with Gasteiger partial charge in [-0.1, -0.05) is 0 Å². The Morgan fingerprint density at radius 3 is 2.95 bits per heavy atom. The van der Waals surface area contributed by atoms with Gasteiger partial charge in [0.25, 0.3) is 0 Å². The van der Waals surface area contributed by atoms with Crippen LogP contribution in [0.2, 0.25) is 0 Å². The molecule has 3 rings (SSSR count). The first-order valence-electron chi connectivity index (χ1n) is 7.00. The maximum Gasteiger partial charge on any atom is 0.183 e. The van der Waals surface area contributed by atoms with Crippen molar-refractivity contribution in [2.24, 2.45) is 0 Å². The number of carbonyl (C=O) groups excluding carboxylic acids is 1. The minimum absolute atomic E-state index is 0.0631. The van der Waals surface area contributed by atoms with E-state index in [1.54, 1.807) is 12.4 Å². The Labute approximate surface area is 118 Å². The van der Waals surface area contributed by atoms with Crippen molar-refractivity contribution in [2.45, 2.75) is 31.3 Å². The van der Waals surface area contributed by atoms with Gasteiger partial charge in [-0.3, -0.25) is 4.90 Å². The Morgan fingerprint density at radius 1 is 1.30 bits per heavy atom. The highest BCUT2D eigenvalue weighted by Crippen LogP contribution is 2.27. The summed E-state index contributed by atoms with van der Waals surface area (Å²) in [6, 6.07) is 2.54. The molecule has 20 heavy (non-hydrogen) atoms. The number of aromatic nitrogens is 2. The predicted octanol–water partition coefficient (Wildman–Crippen LogP) is 0.590. The van der Waals surface area contributed by atoms with Crippen LogP contribution >= 0.6 is 0 Å². The van der Waals surface area contributed by atoms with E-state index in [4.69, 9.17) is 5.26 Å². The summed E-state index contributed by atoms with van der Waals surface area (Å²) in [5, 5.41) is 9.13. The van der Waals surface area contributed by atoms with E-state index in [0.717, 1.165) is 45.2 Å². The maximum atomic E-state index is 11.1. The van der Waals surface area contributed by atoms with Crippen molar-refractivity contribution in [3.05, 3.63) is 18.1 Å². The van der Waals surface area contributed by atoms with Gasteiger partial charge in [0.05, 0.1) is 6.04 Å². The van der Waals surface area contributed by atoms with Crippen LogP contribution in [0.15, 0.2) is 12.4 Å². The van der Waals surface area contributed by atoms with Crippen LogP contribution in [-0.2, 0) is 4.79 Å². The van der Waals surface area contributed by atoms with Crippen molar-refractivity contribution in [2.75, 3.05) is 24.5 Å². The van der Waals surface area contributed by atoms with Gasteiger partial charge in [0.1, 0.15) is 12.4 Å². The number of fused-ring (bicyclic) bond motifs is 1. The molecule has 0 bridgehead atoms. The molecule has 0 N–H and O–H groups in total. The molecule has 2 aliphatic rings. The molecule has 2 unspecified atom stereocenters. The second-order valence-electron chi connectivity index (χ2n) is 5.31. The van der Waals surface area contributed by atoms with Crippen molar-refractivity contribution in [3.63, 3.8) is 0 Å². The Hall–Kier alpha value is -2.00. The number of piperidine rings is 1. The first kappa shape index (κ1) is 13.0. The first-order valence-corrected chi connectivity index (χ1v) is 7.00. The predicted molar refractivity (Wildman–Crippen MR) is 73.2 cm³/mol. The molecule has 0 amide bonds. The molecule has 1 aromatic heterocycles. The van der Waals surface area contributed by atoms with E-state index in [1.807, 2.05) is 0 Å². The molecular weight excluding hydrogens is 254 g/mol. The third kappa shape index (κ3) is 2.25. The molecule has 6 nitrogen and oxygen atoms in total. The fourth-order valence-electron chi connectivity index (χ4n) is 3.27. The van der Waals surface area contributed by atoms with E-state index in [2.05, 4.69) is 25.8 Å². The van der Waals surface area contributed by atoms with Gasteiger partial charge < -0.3 is 9.69 Å². The van der Waals surface area contributed by atoms with Gasteiger partial charge in [0.2, 0.25) is 0 Å². The van der Waals surface area contributed by atoms with Crippen LogP contribution < -0.4 is 4.90 Å². The van der Waals surface area contributed by atoms with Crippen LogP contribution in [0.5, 0.6) is 0 Å². The standard InChI is InChI=1S/C14H17N5O/c15-8-13-14(17-5-4-16-13)18-6-7-19-11(9-18)2-1-3-12(19)10-20/h4-5,10-12H,1-3,6-7,9H2. The van der Waals surface area contributed by atoms with Crippen molar-refractivity contribution >= 4 is 12.1 Å². The number of anilines is 1. The molecule has 2 aliphatic heterocycles. The molecule has 2 fully saturated rings. The summed E-state index contributed by atoms with van der Waals surface area (Å²) in [4.78, 5) is 23.9. The molecule has 6 heteroatoms. The number of hydrogen-bond acceptors (Lipinski definition) is 6. The summed E-state index contributed by atoms with van der Waals surface area (Å²) in [6.07, 6.45) is 7.39. The van der Waals surface area contributed by atoms with Crippen LogP contribution in [0.3, 0.4) is 0 Å². The lowest BCUT2D eigenvalue weighted by Gasteiger charge is -2.47. The number of aldehydes is 1. The smallest absolute Gasteiger partial charge is 0.183 e. The highest BCUT2D eigenvalue weighted by Gasteiger charge is 2.35. The number of hydrogen-bond donors (Lipinski definition) is 0. The molecule has 3 heterocycles. The van der Waals surface area contributed by atoms with Crippen molar-refractivity contribution in [1.29, 1.82) is 5.26 Å². The number of carbonyl (C=O) groups is 1. The van der Waals surface area contributed by atoms with Gasteiger partial charge in [-0.25, -0.2) is 9.97 Å². The third-order valence-corrected chi connectivity index (χ3v) is 4.23. The molecule has 0 aliphatic carbocycles. The summed E-state index contributed by atoms with van der Waals surface area (Å²) < 4.78 is 0. The average molecular weight is 271 g/mol. The van der Waals surface area contributed by atoms with Crippen molar-refractivity contribution in [3.8, 4) is 6.07 Å². The maximum absolute atomic E-state index is 11.1. The quantitative estimate of drug-likeness (QED) is 0.733. The third-order valence-electron chi connectivity index (χ3n) is 4.23. The number of nitriles is 1. The van der Waals surface area contributed by atoms with Crippen LogP contribution in [0.25, 0.3) is 0 Å². The van der Waals surface area contributed by atoms with Gasteiger partial charge in [-0.2, -0.15) is 5.26 Å². The van der Waals surface area contributed by atoms with Gasteiger partial charge in [-0.15, -0.1) is 0 Å². The molecule has 0 spiro atoms. The van der Waals surface area contributed by atoms with Gasteiger partial charge >= 0.3 is 0 Å². The number of nitrogens with zero attached hydrogens (tertiary/aromatic N) is 5. The molecule has 0 radical (unpaired) electrons. The summed E-state index contributed by atoms with van der Waals surface area (Å²) in [6.45, 7) is 2.45. The highest BCUT2D eigenvalue weighted by molar-refractivity contribution is 5.58. The molecule has 0 aromatic carbocycles. The van der Waals surface area contributed by atoms with E-state index < -0.39 is 0 Å². The fraction of sp³-hybridized carbons (Fsp3) is 0.571. The van der Waals surface area contributed by atoms with Gasteiger partial charge in [0, 0.05) is 38.1 Å². The lowest BCUT2D eigenvalue weighted by Crippen LogP contribution is -2.59. The van der Waals surface area contributed by atoms with E-state index >= 15 is 0 Å². The van der Waals surface area contributed by atoms with Crippen LogP contribution in [0.1, 0.15) is 25.0 Å². The zero-order chi connectivity index (χ0) is 13.9. The molecular formula is C14H17N5O. The van der Waals surface area contributed by atoms with E-state index in [9.17, 15) is 4.79 Å². The second-order valence-corrected chi connectivity index (χ2v) is 5.31. The van der Waals surface area contributed by atoms with Gasteiger partial charge in [0.15, 0.2) is 11.5 Å². The van der Waals surface area contributed by atoms with Crippen LogP contribution in [-0.4, -0.2) is 52.9 Å². The van der Waals surface area contributed by atoms with Crippen LogP contribution in [0, 0.1) is 11.3 Å². The van der Waals surface area contributed by atoms with E-state index in [-0.39, 0.29) is 6.04 Å². The summed E-state index contributed by atoms with van der Waals surface area (Å²) in [5.74, 6) is 0.669. The molecule has 104 valence electrons. The number of piperazine rings is 1. The first-order chi connectivity index (χ1) is 9.83. The minimum Gasteiger partial charge on any atom is -0.351 e. The number of rotatable bonds is 2. The normalized spacial score (nSPS) is 26.6. The molecule has 2 saturated heterocycles. The average Bonchev–Trinajstić information content (AvgIpc) is 2.53. The molecule has 0 saturated carbocycles. The topological polar surface area (TPSA) is 73.1 Å². The Morgan fingerprint density at radius 2 is 2.15 bits per heavy atom. The minimum atomic E-state index is 0.0631. The van der Waals surface area contributed by atoms with Crippen molar-refractivity contribution in [1.82, 2.24) is 14.9 Å². The largest absolute Gasteiger partial charge is 0.351 e. The lowest BCUT2D eigenvalue weighted by atomic mass is 9.94. The second kappa shape index (κ2) is 5.55. The summed E-state index contributed by atoms with van der Waals surface area (Å²) >= 11 is 0. The Balaban J connectivity index is 1.79. The molecule has 1 aromatic rings. The summed E-state index contributed by atoms with van der Waals surface area (Å²) in [7, 11) is 0. The summed E-state index contributed by atoms with van der Waals surface area (Å²) in [5.41, 5.74) is 0.378. The lowest BCUT2D eigenvalue weighted by molar-refractivity contribution is -0.115. The molecule has 2 atom stereocenters. The van der Waals surface area contributed by atoms with Crippen molar-refractivity contribution < 1.29 is 4.79 Å². The van der Waals surface area contributed by atoms with Crippen LogP contribution in [0.4, 0.5) is 5.82 Å².